The maximum absolute atomic E-state index is 12.8. The normalized spacial score (nSPS) is 10.8. The molecule has 10 heteroatoms. The van der Waals surface area contributed by atoms with E-state index in [-0.39, 0.29) is 18.3 Å². The first-order valence-electron chi connectivity index (χ1n) is 11.7. The predicted octanol–water partition coefficient (Wildman–Crippen LogP) is 5.74. The molecule has 1 amide bonds. The molecule has 0 aliphatic carbocycles. The van der Waals surface area contributed by atoms with E-state index in [9.17, 15) is 9.59 Å². The largest absolute Gasteiger partial charge is 0.485 e. The topological polar surface area (TPSA) is 95.3 Å². The SMILES string of the molecule is CCn1c(COc2cccc(C)c2C)nnc1SCC(=O)Nc1scc(-c2ccccc2)c1C(=O)OC. The second-order valence-corrected chi connectivity index (χ2v) is 10.00. The van der Waals surface area contributed by atoms with Crippen molar-refractivity contribution in [2.75, 3.05) is 18.2 Å². The van der Waals surface area contributed by atoms with Crippen LogP contribution in [0.25, 0.3) is 11.1 Å². The number of anilines is 1. The molecule has 8 nitrogen and oxygen atoms in total. The Morgan fingerprint density at radius 1 is 1.08 bits per heavy atom. The van der Waals surface area contributed by atoms with Crippen LogP contribution in [-0.2, 0) is 22.7 Å². The van der Waals surface area contributed by atoms with Crippen LogP contribution in [-0.4, -0.2) is 39.5 Å². The number of aryl methyl sites for hydroxylation is 1. The van der Waals surface area contributed by atoms with Gasteiger partial charge in [0.25, 0.3) is 0 Å². The van der Waals surface area contributed by atoms with Crippen molar-refractivity contribution in [3.05, 3.63) is 76.4 Å². The summed E-state index contributed by atoms with van der Waals surface area (Å²) in [5.41, 5.74) is 4.19. The summed E-state index contributed by atoms with van der Waals surface area (Å²) in [5, 5.41) is 14.3. The van der Waals surface area contributed by atoms with Crippen LogP contribution < -0.4 is 10.1 Å². The van der Waals surface area contributed by atoms with Crippen molar-refractivity contribution in [2.24, 2.45) is 0 Å². The van der Waals surface area contributed by atoms with Gasteiger partial charge in [-0.05, 0) is 43.5 Å². The Balaban J connectivity index is 1.43. The smallest absolute Gasteiger partial charge is 0.341 e. The lowest BCUT2D eigenvalue weighted by molar-refractivity contribution is -0.113. The molecule has 0 aliphatic heterocycles. The highest BCUT2D eigenvalue weighted by atomic mass is 32.2. The number of thiophene rings is 1. The van der Waals surface area contributed by atoms with Gasteiger partial charge < -0.3 is 19.4 Å². The lowest BCUT2D eigenvalue weighted by atomic mass is 10.0. The van der Waals surface area contributed by atoms with Crippen LogP contribution >= 0.6 is 23.1 Å². The van der Waals surface area contributed by atoms with E-state index < -0.39 is 5.97 Å². The first kappa shape index (κ1) is 26.4. The standard InChI is InChI=1S/C27H28N4O4S2/c1-5-31-22(14-35-21-13-9-10-17(2)18(21)3)29-30-27(31)37-16-23(32)28-25-24(26(33)34-4)20(15-36-25)19-11-7-6-8-12-19/h6-13,15H,5,14,16H2,1-4H3,(H,28,32). The van der Waals surface area contributed by atoms with Gasteiger partial charge in [0.1, 0.15) is 22.9 Å². The van der Waals surface area contributed by atoms with Crippen LogP contribution in [0, 0.1) is 13.8 Å². The van der Waals surface area contributed by atoms with Gasteiger partial charge in [0.2, 0.25) is 5.91 Å². The van der Waals surface area contributed by atoms with E-state index in [1.54, 1.807) is 0 Å². The fourth-order valence-electron chi connectivity index (χ4n) is 3.75. The molecule has 2 heterocycles. The molecule has 0 saturated heterocycles. The Bertz CT molecular complexity index is 1400. The molecule has 0 unspecified atom stereocenters. The Morgan fingerprint density at radius 2 is 1.86 bits per heavy atom. The number of carbonyl (C=O) groups is 2. The number of hydrogen-bond acceptors (Lipinski definition) is 8. The van der Waals surface area contributed by atoms with Gasteiger partial charge >= 0.3 is 5.97 Å². The molecule has 4 rings (SSSR count). The van der Waals surface area contributed by atoms with Crippen LogP contribution in [0.15, 0.2) is 59.1 Å². The van der Waals surface area contributed by atoms with Crippen LogP contribution in [0.1, 0.15) is 34.2 Å². The molecule has 2 aromatic carbocycles. The van der Waals surface area contributed by atoms with Crippen molar-refractivity contribution in [3.8, 4) is 16.9 Å². The molecule has 192 valence electrons. The number of amides is 1. The fraction of sp³-hybridized carbons (Fsp3) is 0.259. The highest BCUT2D eigenvalue weighted by molar-refractivity contribution is 7.99. The molecule has 1 N–H and O–H groups in total. The van der Waals surface area contributed by atoms with Crippen LogP contribution in [0.5, 0.6) is 5.75 Å². The maximum Gasteiger partial charge on any atom is 0.341 e. The van der Waals surface area contributed by atoms with Crippen molar-refractivity contribution in [3.63, 3.8) is 0 Å². The number of thioether (sulfide) groups is 1. The van der Waals surface area contributed by atoms with Crippen molar-refractivity contribution < 1.29 is 19.1 Å². The molecule has 0 fully saturated rings. The zero-order valence-electron chi connectivity index (χ0n) is 21.1. The summed E-state index contributed by atoms with van der Waals surface area (Å²) in [5.74, 6) is 0.851. The molecular formula is C27H28N4O4S2. The number of methoxy groups -OCH3 is 1. The minimum Gasteiger partial charge on any atom is -0.485 e. The van der Waals surface area contributed by atoms with Crippen molar-refractivity contribution in [2.45, 2.75) is 39.1 Å². The number of carbonyl (C=O) groups excluding carboxylic acids is 2. The molecule has 0 radical (unpaired) electrons. The molecule has 37 heavy (non-hydrogen) atoms. The summed E-state index contributed by atoms with van der Waals surface area (Å²) in [6.45, 7) is 6.98. The highest BCUT2D eigenvalue weighted by Gasteiger charge is 2.23. The van der Waals surface area contributed by atoms with Crippen molar-refractivity contribution >= 4 is 40.0 Å². The van der Waals surface area contributed by atoms with E-state index in [2.05, 4.69) is 15.5 Å². The number of ether oxygens (including phenoxy) is 2. The van der Waals surface area contributed by atoms with Gasteiger partial charge in [0.15, 0.2) is 11.0 Å². The van der Waals surface area contributed by atoms with Gasteiger partial charge in [-0.25, -0.2) is 4.79 Å². The molecule has 0 atom stereocenters. The molecule has 2 aromatic heterocycles. The monoisotopic (exact) mass is 536 g/mol. The summed E-state index contributed by atoms with van der Waals surface area (Å²) >= 11 is 2.57. The van der Waals surface area contributed by atoms with Crippen LogP contribution in [0.2, 0.25) is 0 Å². The predicted molar refractivity (Wildman–Crippen MR) is 146 cm³/mol. The third-order valence-electron chi connectivity index (χ3n) is 5.87. The summed E-state index contributed by atoms with van der Waals surface area (Å²) in [6.07, 6.45) is 0. The summed E-state index contributed by atoms with van der Waals surface area (Å²) in [4.78, 5) is 25.4. The van der Waals surface area contributed by atoms with E-state index in [0.29, 0.717) is 28.1 Å². The number of nitrogens with zero attached hydrogens (tertiary/aromatic N) is 3. The van der Waals surface area contributed by atoms with Gasteiger partial charge in [-0.3, -0.25) is 4.79 Å². The van der Waals surface area contributed by atoms with Crippen molar-refractivity contribution in [1.29, 1.82) is 0 Å². The van der Waals surface area contributed by atoms with Gasteiger partial charge in [0.05, 0.1) is 12.9 Å². The fourth-order valence-corrected chi connectivity index (χ4v) is 5.55. The minimum absolute atomic E-state index is 0.106. The first-order chi connectivity index (χ1) is 17.9. The third kappa shape index (κ3) is 6.03. The van der Waals surface area contributed by atoms with Crippen LogP contribution in [0.3, 0.4) is 0 Å². The van der Waals surface area contributed by atoms with E-state index in [4.69, 9.17) is 9.47 Å². The van der Waals surface area contributed by atoms with Gasteiger partial charge in [-0.1, -0.05) is 54.2 Å². The van der Waals surface area contributed by atoms with Gasteiger partial charge in [-0.2, -0.15) is 0 Å². The third-order valence-corrected chi connectivity index (χ3v) is 7.73. The Kier molecular flexibility index (Phi) is 8.62. The average Bonchev–Trinajstić information content (AvgIpc) is 3.51. The lowest BCUT2D eigenvalue weighted by Gasteiger charge is -2.12. The van der Waals surface area contributed by atoms with Crippen molar-refractivity contribution in [1.82, 2.24) is 14.8 Å². The maximum atomic E-state index is 12.8. The Hall–Kier alpha value is -3.63. The number of rotatable bonds is 10. The van der Waals surface area contributed by atoms with E-state index >= 15 is 0 Å². The minimum atomic E-state index is -0.498. The summed E-state index contributed by atoms with van der Waals surface area (Å²) < 4.78 is 12.9. The van der Waals surface area contributed by atoms with E-state index in [0.717, 1.165) is 28.0 Å². The molecule has 0 saturated carbocycles. The van der Waals surface area contributed by atoms with Gasteiger partial charge in [-0.15, -0.1) is 21.5 Å². The molecular weight excluding hydrogens is 508 g/mol. The number of nitrogens with one attached hydrogen (secondary N) is 1. The lowest BCUT2D eigenvalue weighted by Crippen LogP contribution is -2.16. The Morgan fingerprint density at radius 3 is 2.59 bits per heavy atom. The van der Waals surface area contributed by atoms with Gasteiger partial charge in [0, 0.05) is 17.5 Å². The number of hydrogen-bond donors (Lipinski definition) is 1. The highest BCUT2D eigenvalue weighted by Crippen LogP contribution is 2.36. The zero-order chi connectivity index (χ0) is 26.4. The molecule has 0 bridgehead atoms. The average molecular weight is 537 g/mol. The second kappa shape index (κ2) is 12.1. The Labute approximate surface area is 224 Å². The zero-order valence-corrected chi connectivity index (χ0v) is 22.7. The number of aromatic nitrogens is 3. The number of esters is 1. The molecule has 0 aliphatic rings. The van der Waals surface area contributed by atoms with E-state index in [1.165, 1.54) is 30.2 Å². The molecule has 4 aromatic rings. The quantitative estimate of drug-likeness (QED) is 0.204. The van der Waals surface area contributed by atoms with E-state index in [1.807, 2.05) is 79.2 Å². The molecule has 0 spiro atoms. The first-order valence-corrected chi connectivity index (χ1v) is 13.6. The second-order valence-electron chi connectivity index (χ2n) is 8.18. The summed E-state index contributed by atoms with van der Waals surface area (Å²) in [7, 11) is 1.33. The number of benzene rings is 2. The van der Waals surface area contributed by atoms with Crippen LogP contribution in [0.4, 0.5) is 5.00 Å². The summed E-state index contributed by atoms with van der Waals surface area (Å²) in [6, 6.07) is 15.5.